The van der Waals surface area contributed by atoms with Gasteiger partial charge in [0.05, 0.1) is 6.10 Å². The van der Waals surface area contributed by atoms with E-state index < -0.39 is 0 Å². The maximum atomic E-state index is 9.83. The molecule has 13 heavy (non-hydrogen) atoms. The number of nitrogens with one attached hydrogen (secondary N) is 1. The Hall–Kier alpha value is -0.0800. The summed E-state index contributed by atoms with van der Waals surface area (Å²) in [6.07, 6.45) is 6.90. The maximum Gasteiger partial charge on any atom is 0.0693 e. The van der Waals surface area contributed by atoms with Gasteiger partial charge in [0, 0.05) is 12.1 Å². The summed E-state index contributed by atoms with van der Waals surface area (Å²) in [7, 11) is 0. The van der Waals surface area contributed by atoms with Gasteiger partial charge >= 0.3 is 0 Å². The monoisotopic (exact) mass is 185 g/mol. The minimum absolute atomic E-state index is 0.114. The highest BCUT2D eigenvalue weighted by atomic mass is 16.3. The van der Waals surface area contributed by atoms with Gasteiger partial charge in [-0.05, 0) is 26.2 Å². The molecule has 0 saturated heterocycles. The van der Waals surface area contributed by atoms with Gasteiger partial charge in [0.1, 0.15) is 0 Å². The first-order valence-corrected chi connectivity index (χ1v) is 5.68. The molecule has 1 rings (SSSR count). The van der Waals surface area contributed by atoms with Gasteiger partial charge in [-0.15, -0.1) is 0 Å². The van der Waals surface area contributed by atoms with E-state index in [0.29, 0.717) is 12.1 Å². The average molecular weight is 185 g/mol. The van der Waals surface area contributed by atoms with Crippen molar-refractivity contribution in [2.45, 2.75) is 70.6 Å². The molecule has 0 radical (unpaired) electrons. The Bertz CT molecular complexity index is 138. The third-order valence-corrected chi connectivity index (χ3v) is 3.09. The molecule has 0 aliphatic heterocycles. The summed E-state index contributed by atoms with van der Waals surface area (Å²) in [5, 5.41) is 13.3. The highest BCUT2D eigenvalue weighted by Gasteiger charge is 2.21. The molecule has 0 aromatic rings. The first-order chi connectivity index (χ1) is 6.24. The van der Waals surface area contributed by atoms with E-state index in [0.717, 1.165) is 19.3 Å². The van der Waals surface area contributed by atoms with E-state index in [1.165, 1.54) is 19.3 Å². The topological polar surface area (TPSA) is 32.3 Å². The summed E-state index contributed by atoms with van der Waals surface area (Å²) in [4.78, 5) is 0. The molecule has 2 N–H and O–H groups in total. The van der Waals surface area contributed by atoms with Gasteiger partial charge in [0.15, 0.2) is 0 Å². The summed E-state index contributed by atoms with van der Waals surface area (Å²) in [6, 6.07) is 0.884. The Labute approximate surface area is 81.7 Å². The lowest BCUT2D eigenvalue weighted by Gasteiger charge is -2.25. The lowest BCUT2D eigenvalue weighted by atomic mass is 10.0. The Kier molecular flexibility index (Phi) is 4.74. The van der Waals surface area contributed by atoms with Gasteiger partial charge in [-0.3, -0.25) is 0 Å². The van der Waals surface area contributed by atoms with Crippen LogP contribution in [0.1, 0.15) is 52.4 Å². The molecule has 3 atom stereocenters. The zero-order chi connectivity index (χ0) is 9.68. The normalized spacial score (nSPS) is 32.5. The van der Waals surface area contributed by atoms with Crippen LogP contribution in [0, 0.1) is 0 Å². The third-order valence-electron chi connectivity index (χ3n) is 3.09. The second-order valence-electron chi connectivity index (χ2n) is 4.29. The van der Waals surface area contributed by atoms with Crippen molar-refractivity contribution in [1.82, 2.24) is 5.32 Å². The fraction of sp³-hybridized carbons (Fsp3) is 1.00. The summed E-state index contributed by atoms with van der Waals surface area (Å²) in [6.45, 7) is 4.37. The fourth-order valence-electron chi connectivity index (χ4n) is 1.97. The molecule has 1 aliphatic carbocycles. The number of aliphatic hydroxyl groups is 1. The lowest BCUT2D eigenvalue weighted by Crippen LogP contribution is -2.43. The van der Waals surface area contributed by atoms with Crippen molar-refractivity contribution in [1.29, 1.82) is 0 Å². The summed E-state index contributed by atoms with van der Waals surface area (Å²) in [5.74, 6) is 0. The van der Waals surface area contributed by atoms with Crippen molar-refractivity contribution in [3.63, 3.8) is 0 Å². The van der Waals surface area contributed by atoms with E-state index in [-0.39, 0.29) is 6.10 Å². The second-order valence-corrected chi connectivity index (χ2v) is 4.29. The van der Waals surface area contributed by atoms with E-state index in [9.17, 15) is 5.11 Å². The fourth-order valence-corrected chi connectivity index (χ4v) is 1.97. The lowest BCUT2D eigenvalue weighted by molar-refractivity contribution is 0.114. The number of hydrogen-bond acceptors (Lipinski definition) is 2. The molecular formula is C11H23NO. The largest absolute Gasteiger partial charge is 0.392 e. The van der Waals surface area contributed by atoms with Gasteiger partial charge in [-0.25, -0.2) is 0 Å². The van der Waals surface area contributed by atoms with Crippen LogP contribution in [-0.4, -0.2) is 23.3 Å². The number of rotatable bonds is 3. The molecule has 2 nitrogen and oxygen atoms in total. The highest BCUT2D eigenvalue weighted by molar-refractivity contribution is 4.80. The van der Waals surface area contributed by atoms with Crippen LogP contribution in [0.5, 0.6) is 0 Å². The van der Waals surface area contributed by atoms with Crippen LogP contribution >= 0.6 is 0 Å². The molecule has 0 amide bonds. The highest BCUT2D eigenvalue weighted by Crippen LogP contribution is 2.18. The first-order valence-electron chi connectivity index (χ1n) is 5.68. The van der Waals surface area contributed by atoms with Crippen LogP contribution < -0.4 is 5.32 Å². The van der Waals surface area contributed by atoms with Crippen LogP contribution in [0.4, 0.5) is 0 Å². The summed E-state index contributed by atoms with van der Waals surface area (Å²) < 4.78 is 0. The molecule has 0 aromatic heterocycles. The molecule has 78 valence electrons. The van der Waals surface area contributed by atoms with Crippen molar-refractivity contribution in [3.8, 4) is 0 Å². The minimum atomic E-state index is -0.114. The number of aliphatic hydroxyl groups excluding tert-OH is 1. The van der Waals surface area contributed by atoms with Gasteiger partial charge in [0.25, 0.3) is 0 Å². The Morgan fingerprint density at radius 3 is 2.69 bits per heavy atom. The van der Waals surface area contributed by atoms with Gasteiger partial charge in [-0.1, -0.05) is 26.2 Å². The van der Waals surface area contributed by atoms with E-state index in [1.54, 1.807) is 0 Å². The smallest absolute Gasteiger partial charge is 0.0693 e. The molecular weight excluding hydrogens is 162 g/mol. The molecule has 2 heteroatoms. The van der Waals surface area contributed by atoms with Crippen LogP contribution in [0.3, 0.4) is 0 Å². The third kappa shape index (κ3) is 3.65. The maximum absolute atomic E-state index is 9.83. The van der Waals surface area contributed by atoms with Crippen LogP contribution in [0.2, 0.25) is 0 Å². The second kappa shape index (κ2) is 5.61. The predicted molar refractivity (Wildman–Crippen MR) is 55.8 cm³/mol. The molecule has 0 heterocycles. The summed E-state index contributed by atoms with van der Waals surface area (Å²) in [5.41, 5.74) is 0. The zero-order valence-electron chi connectivity index (χ0n) is 8.92. The molecule has 0 aromatic carbocycles. The molecule has 1 saturated carbocycles. The predicted octanol–water partition coefficient (Wildman–Crippen LogP) is 2.07. The van der Waals surface area contributed by atoms with Crippen molar-refractivity contribution < 1.29 is 5.11 Å². The minimum Gasteiger partial charge on any atom is -0.392 e. The van der Waals surface area contributed by atoms with Gasteiger partial charge < -0.3 is 10.4 Å². The van der Waals surface area contributed by atoms with Crippen LogP contribution in [0.25, 0.3) is 0 Å². The van der Waals surface area contributed by atoms with E-state index in [1.807, 2.05) is 0 Å². The van der Waals surface area contributed by atoms with E-state index >= 15 is 0 Å². The van der Waals surface area contributed by atoms with Crippen LogP contribution in [-0.2, 0) is 0 Å². The Balaban J connectivity index is 2.35. The Morgan fingerprint density at radius 1 is 1.31 bits per heavy atom. The molecule has 1 unspecified atom stereocenters. The zero-order valence-corrected chi connectivity index (χ0v) is 8.92. The SMILES string of the molecule is CCC(C)N[C@@H]1CCCCC[C@H]1O. The summed E-state index contributed by atoms with van der Waals surface area (Å²) >= 11 is 0. The molecule has 0 spiro atoms. The molecule has 1 aliphatic rings. The molecule has 1 fully saturated rings. The van der Waals surface area contributed by atoms with Crippen molar-refractivity contribution in [2.75, 3.05) is 0 Å². The first kappa shape index (κ1) is 11.0. The van der Waals surface area contributed by atoms with Crippen LogP contribution in [0.15, 0.2) is 0 Å². The van der Waals surface area contributed by atoms with Crippen molar-refractivity contribution in [3.05, 3.63) is 0 Å². The van der Waals surface area contributed by atoms with E-state index in [2.05, 4.69) is 19.2 Å². The van der Waals surface area contributed by atoms with Gasteiger partial charge in [-0.2, -0.15) is 0 Å². The quantitative estimate of drug-likeness (QED) is 0.660. The standard InChI is InChI=1S/C11H23NO/c1-3-9(2)12-10-7-5-4-6-8-11(10)13/h9-13H,3-8H2,1-2H3/t9?,10-,11-/m1/s1. The average Bonchev–Trinajstić information content (AvgIpc) is 2.32. The number of hydrogen-bond donors (Lipinski definition) is 2. The Morgan fingerprint density at radius 2 is 2.00 bits per heavy atom. The van der Waals surface area contributed by atoms with Crippen molar-refractivity contribution >= 4 is 0 Å². The van der Waals surface area contributed by atoms with Crippen molar-refractivity contribution in [2.24, 2.45) is 0 Å². The van der Waals surface area contributed by atoms with Gasteiger partial charge in [0.2, 0.25) is 0 Å². The van der Waals surface area contributed by atoms with E-state index in [4.69, 9.17) is 0 Å². The molecule has 0 bridgehead atoms.